The molecule has 1 heterocycles. The molecule has 0 aromatic carbocycles. The molecule has 0 saturated carbocycles. The number of hydrogen-bond acceptors (Lipinski definition) is 2. The van der Waals surface area contributed by atoms with Gasteiger partial charge in [-0.1, -0.05) is 23.7 Å². The Morgan fingerprint density at radius 3 is 2.29 bits per heavy atom. The van der Waals surface area contributed by atoms with E-state index in [0.717, 1.165) is 0 Å². The van der Waals surface area contributed by atoms with E-state index in [9.17, 15) is 0 Å². The van der Waals surface area contributed by atoms with Crippen molar-refractivity contribution in [2.24, 2.45) is 0 Å². The zero-order valence-electron chi connectivity index (χ0n) is 11.5. The molecule has 3 heteroatoms. The average molecular weight is 234 g/mol. The summed E-state index contributed by atoms with van der Waals surface area (Å²) in [4.78, 5) is 0. The van der Waals surface area contributed by atoms with E-state index in [4.69, 9.17) is 9.31 Å². The fourth-order valence-electron chi connectivity index (χ4n) is 2.18. The predicted molar refractivity (Wildman–Crippen MR) is 71.8 cm³/mol. The lowest BCUT2D eigenvalue weighted by atomic mass is 9.87. The fraction of sp³-hybridized carbons (Fsp3) is 0.714. The van der Waals surface area contributed by atoms with Crippen molar-refractivity contribution in [3.05, 3.63) is 23.7 Å². The molecule has 0 spiro atoms. The zero-order valence-corrected chi connectivity index (χ0v) is 11.5. The van der Waals surface area contributed by atoms with Crippen LogP contribution in [0.2, 0.25) is 0 Å². The quantitative estimate of drug-likeness (QED) is 0.678. The highest BCUT2D eigenvalue weighted by molar-refractivity contribution is 6.51. The highest BCUT2D eigenvalue weighted by Gasteiger charge is 2.49. The maximum atomic E-state index is 5.92. The second-order valence-electron chi connectivity index (χ2n) is 6.01. The number of hydrogen-bond donors (Lipinski definition) is 0. The molecular formula is C14H23BO2. The van der Waals surface area contributed by atoms with Gasteiger partial charge in [0.15, 0.2) is 0 Å². The van der Waals surface area contributed by atoms with Crippen LogP contribution in [0.1, 0.15) is 53.4 Å². The molecule has 0 N–H and O–H groups in total. The van der Waals surface area contributed by atoms with Crippen LogP contribution in [0.5, 0.6) is 0 Å². The van der Waals surface area contributed by atoms with Crippen molar-refractivity contribution in [3.8, 4) is 0 Å². The van der Waals surface area contributed by atoms with Gasteiger partial charge in [-0.3, -0.25) is 0 Å². The van der Waals surface area contributed by atoms with Crippen LogP contribution in [0.3, 0.4) is 0 Å². The third-order valence-electron chi connectivity index (χ3n) is 4.07. The fourth-order valence-corrected chi connectivity index (χ4v) is 2.18. The van der Waals surface area contributed by atoms with Crippen LogP contribution in [-0.4, -0.2) is 18.3 Å². The lowest BCUT2D eigenvalue weighted by molar-refractivity contribution is 0.00578. The van der Waals surface area contributed by atoms with Crippen LogP contribution in [0.15, 0.2) is 23.7 Å². The summed E-state index contributed by atoms with van der Waals surface area (Å²) in [5, 5.41) is 0. The second kappa shape index (κ2) is 4.62. The first-order chi connectivity index (χ1) is 7.91. The van der Waals surface area contributed by atoms with Gasteiger partial charge in [0.1, 0.15) is 0 Å². The molecule has 2 aliphatic rings. The molecule has 1 aliphatic carbocycles. The van der Waals surface area contributed by atoms with Gasteiger partial charge >= 0.3 is 7.12 Å². The Hall–Kier alpha value is -0.535. The van der Waals surface area contributed by atoms with Gasteiger partial charge in [-0.15, -0.1) is 0 Å². The van der Waals surface area contributed by atoms with Crippen LogP contribution >= 0.6 is 0 Å². The van der Waals surface area contributed by atoms with E-state index in [1.807, 2.05) is 5.98 Å². The molecule has 2 nitrogen and oxygen atoms in total. The smallest absolute Gasteiger partial charge is 0.400 e. The lowest BCUT2D eigenvalue weighted by Crippen LogP contribution is -2.41. The molecule has 2 rings (SSSR count). The van der Waals surface area contributed by atoms with Crippen LogP contribution in [0.25, 0.3) is 0 Å². The van der Waals surface area contributed by atoms with Crippen molar-refractivity contribution < 1.29 is 9.31 Å². The summed E-state index contributed by atoms with van der Waals surface area (Å²) in [6, 6.07) is 0. The zero-order chi connectivity index (χ0) is 12.5. The molecular weight excluding hydrogens is 211 g/mol. The van der Waals surface area contributed by atoms with Crippen molar-refractivity contribution in [1.82, 2.24) is 0 Å². The lowest BCUT2D eigenvalue weighted by Gasteiger charge is -2.32. The molecule has 0 aromatic rings. The third-order valence-corrected chi connectivity index (χ3v) is 4.07. The summed E-state index contributed by atoms with van der Waals surface area (Å²) in [6.45, 7) is 8.34. The number of rotatable bonds is 2. The highest BCUT2D eigenvalue weighted by atomic mass is 16.7. The molecule has 0 amide bonds. The molecule has 1 aliphatic heterocycles. The van der Waals surface area contributed by atoms with Crippen molar-refractivity contribution in [1.29, 1.82) is 0 Å². The Morgan fingerprint density at radius 2 is 1.76 bits per heavy atom. The normalized spacial score (nSPS) is 27.5. The molecule has 1 fully saturated rings. The first-order valence-corrected chi connectivity index (χ1v) is 6.64. The van der Waals surface area contributed by atoms with E-state index in [1.165, 1.54) is 31.3 Å². The van der Waals surface area contributed by atoms with Crippen molar-refractivity contribution in [3.63, 3.8) is 0 Å². The summed E-state index contributed by atoms with van der Waals surface area (Å²) in [5.74, 6) is 2.05. The van der Waals surface area contributed by atoms with Gasteiger partial charge in [-0.05, 0) is 53.4 Å². The monoisotopic (exact) mass is 234 g/mol. The van der Waals surface area contributed by atoms with Gasteiger partial charge in [-0.2, -0.15) is 0 Å². The van der Waals surface area contributed by atoms with E-state index < -0.39 is 0 Å². The van der Waals surface area contributed by atoms with Crippen molar-refractivity contribution in [2.45, 2.75) is 64.6 Å². The molecule has 17 heavy (non-hydrogen) atoms. The molecule has 1 saturated heterocycles. The molecule has 0 unspecified atom stereocenters. The Balaban J connectivity index is 1.97. The largest absolute Gasteiger partial charge is 0.487 e. The molecule has 0 bridgehead atoms. The summed E-state index contributed by atoms with van der Waals surface area (Å²) < 4.78 is 11.8. The Bertz CT molecular complexity index is 326. The minimum absolute atomic E-state index is 0.206. The average Bonchev–Trinajstić information content (AvgIpc) is 2.46. The third kappa shape index (κ3) is 2.83. The predicted octanol–water partition coefficient (Wildman–Crippen LogP) is 3.67. The maximum Gasteiger partial charge on any atom is 0.487 e. The van der Waals surface area contributed by atoms with E-state index in [-0.39, 0.29) is 18.3 Å². The number of allylic oxidation sites excluding steroid dienone is 3. The Morgan fingerprint density at radius 1 is 1.12 bits per heavy atom. The van der Waals surface area contributed by atoms with Gasteiger partial charge in [0.2, 0.25) is 0 Å². The van der Waals surface area contributed by atoms with E-state index in [2.05, 4.69) is 39.8 Å². The van der Waals surface area contributed by atoms with Crippen LogP contribution in [-0.2, 0) is 9.31 Å². The Kier molecular flexibility index (Phi) is 3.51. The SMILES string of the molecule is CC1(C)OB(/C=C/C2=CCCCC2)OC1(C)C. The van der Waals surface area contributed by atoms with Gasteiger partial charge in [-0.25, -0.2) is 0 Å². The van der Waals surface area contributed by atoms with Crippen LogP contribution in [0, 0.1) is 0 Å². The van der Waals surface area contributed by atoms with E-state index >= 15 is 0 Å². The summed E-state index contributed by atoms with van der Waals surface area (Å²) >= 11 is 0. The molecule has 0 aromatic heterocycles. The van der Waals surface area contributed by atoms with Crippen molar-refractivity contribution in [2.75, 3.05) is 0 Å². The standard InChI is InChI=1S/C14H23BO2/c1-13(2)14(3,4)17-15(16-13)11-10-12-8-6-5-7-9-12/h8,10-11H,5-7,9H2,1-4H3/b11-10+. The van der Waals surface area contributed by atoms with Gasteiger partial charge < -0.3 is 9.31 Å². The topological polar surface area (TPSA) is 18.5 Å². The van der Waals surface area contributed by atoms with E-state index in [1.54, 1.807) is 0 Å². The minimum Gasteiger partial charge on any atom is -0.400 e. The Labute approximate surface area is 105 Å². The second-order valence-corrected chi connectivity index (χ2v) is 6.01. The van der Waals surface area contributed by atoms with Crippen LogP contribution in [0.4, 0.5) is 0 Å². The highest BCUT2D eigenvalue weighted by Crippen LogP contribution is 2.37. The first kappa shape index (κ1) is 12.9. The maximum absolute atomic E-state index is 5.92. The first-order valence-electron chi connectivity index (χ1n) is 6.64. The summed E-state index contributed by atoms with van der Waals surface area (Å²) in [7, 11) is -0.206. The van der Waals surface area contributed by atoms with Gasteiger partial charge in [0.05, 0.1) is 11.2 Å². The summed E-state index contributed by atoms with van der Waals surface area (Å²) in [6.07, 6.45) is 9.53. The minimum atomic E-state index is -0.233. The molecule has 94 valence electrons. The summed E-state index contributed by atoms with van der Waals surface area (Å²) in [5.41, 5.74) is 0.956. The molecule has 0 atom stereocenters. The van der Waals surface area contributed by atoms with Crippen LogP contribution < -0.4 is 0 Å². The van der Waals surface area contributed by atoms with Gasteiger partial charge in [0, 0.05) is 0 Å². The van der Waals surface area contributed by atoms with Crippen molar-refractivity contribution >= 4 is 7.12 Å². The van der Waals surface area contributed by atoms with E-state index in [0.29, 0.717) is 0 Å². The molecule has 0 radical (unpaired) electrons. The van der Waals surface area contributed by atoms with Gasteiger partial charge in [0.25, 0.3) is 0 Å².